The fourth-order valence-electron chi connectivity index (χ4n) is 2.22. The summed E-state index contributed by atoms with van der Waals surface area (Å²) in [5, 5.41) is 10.5. The lowest BCUT2D eigenvalue weighted by atomic mass is 10.1. The van der Waals surface area contributed by atoms with Gasteiger partial charge in [-0.25, -0.2) is 0 Å². The van der Waals surface area contributed by atoms with Crippen molar-refractivity contribution in [3.05, 3.63) is 59.7 Å². The van der Waals surface area contributed by atoms with Gasteiger partial charge in [-0.05, 0) is 49.2 Å². The topological polar surface area (TPSA) is 68.0 Å². The first-order valence-electron chi connectivity index (χ1n) is 8.00. The van der Waals surface area contributed by atoms with E-state index in [0.717, 1.165) is 16.0 Å². The summed E-state index contributed by atoms with van der Waals surface area (Å²) in [5.74, 6) is 0.948. The molecule has 0 aliphatic rings. The van der Waals surface area contributed by atoms with Gasteiger partial charge in [0, 0.05) is 22.6 Å². The fraction of sp³-hybridized carbons (Fsp3) is 0.211. The minimum atomic E-state index is -0.140. The maximum atomic E-state index is 12.0. The summed E-state index contributed by atoms with van der Waals surface area (Å²) < 4.78 is 5.54. The van der Waals surface area contributed by atoms with Crippen LogP contribution in [0.4, 0.5) is 6.01 Å². The minimum absolute atomic E-state index is 0.128. The van der Waals surface area contributed by atoms with E-state index in [1.165, 1.54) is 5.56 Å². The highest BCUT2D eigenvalue weighted by molar-refractivity contribution is 7.99. The normalized spacial score (nSPS) is 10.6. The van der Waals surface area contributed by atoms with E-state index < -0.39 is 0 Å². The molecule has 3 aromatic rings. The first kappa shape index (κ1) is 17.2. The van der Waals surface area contributed by atoms with Crippen molar-refractivity contribution in [2.24, 2.45) is 0 Å². The predicted molar refractivity (Wildman–Crippen MR) is 99.6 cm³/mol. The highest BCUT2D eigenvalue weighted by atomic mass is 32.2. The number of carbonyl (C=O) groups is 1. The van der Waals surface area contributed by atoms with Crippen LogP contribution in [0, 0.1) is 13.8 Å². The van der Waals surface area contributed by atoms with E-state index >= 15 is 0 Å². The Morgan fingerprint density at radius 1 is 1.08 bits per heavy atom. The third-order valence-electron chi connectivity index (χ3n) is 3.77. The number of nitrogens with one attached hydrogen (secondary N) is 1. The Bertz CT molecular complexity index is 862. The standard InChI is InChI=1S/C19H19N3O2S/c1-13-8-9-15(12-14(13)2)18-21-22-19(24-18)20-17(23)10-11-25-16-6-4-3-5-7-16/h3-9,12H,10-11H2,1-2H3,(H,20,22,23). The lowest BCUT2D eigenvalue weighted by molar-refractivity contribution is -0.115. The lowest BCUT2D eigenvalue weighted by Crippen LogP contribution is -2.12. The summed E-state index contributed by atoms with van der Waals surface area (Å²) in [5.41, 5.74) is 3.20. The highest BCUT2D eigenvalue weighted by Gasteiger charge is 2.12. The maximum absolute atomic E-state index is 12.0. The van der Waals surface area contributed by atoms with E-state index in [9.17, 15) is 4.79 Å². The number of nitrogens with zero attached hydrogens (tertiary/aromatic N) is 2. The zero-order valence-electron chi connectivity index (χ0n) is 14.2. The molecule has 25 heavy (non-hydrogen) atoms. The zero-order chi connectivity index (χ0) is 17.6. The van der Waals surface area contributed by atoms with Crippen LogP contribution in [0.5, 0.6) is 0 Å². The van der Waals surface area contributed by atoms with Gasteiger partial charge >= 0.3 is 6.01 Å². The van der Waals surface area contributed by atoms with Gasteiger partial charge in [-0.15, -0.1) is 16.9 Å². The van der Waals surface area contributed by atoms with Gasteiger partial charge in [0.15, 0.2) is 0 Å². The molecule has 2 aromatic carbocycles. The van der Waals surface area contributed by atoms with Crippen LogP contribution in [0.15, 0.2) is 57.8 Å². The van der Waals surface area contributed by atoms with Crippen LogP contribution < -0.4 is 5.32 Å². The molecule has 1 heterocycles. The second-order valence-electron chi connectivity index (χ2n) is 5.67. The Kier molecular flexibility index (Phi) is 5.50. The minimum Gasteiger partial charge on any atom is -0.403 e. The summed E-state index contributed by atoms with van der Waals surface area (Å²) in [6.45, 7) is 4.08. The molecule has 1 N–H and O–H groups in total. The van der Waals surface area contributed by atoms with E-state index in [0.29, 0.717) is 18.1 Å². The van der Waals surface area contributed by atoms with Crippen LogP contribution in [0.3, 0.4) is 0 Å². The molecule has 0 unspecified atom stereocenters. The third kappa shape index (κ3) is 4.70. The molecule has 0 spiro atoms. The van der Waals surface area contributed by atoms with E-state index in [1.54, 1.807) is 11.8 Å². The molecular weight excluding hydrogens is 334 g/mol. The molecule has 0 saturated carbocycles. The summed E-state index contributed by atoms with van der Waals surface area (Å²) >= 11 is 1.64. The number of thioether (sulfide) groups is 1. The molecule has 0 radical (unpaired) electrons. The molecule has 3 rings (SSSR count). The first-order chi connectivity index (χ1) is 12.1. The SMILES string of the molecule is Cc1ccc(-c2nnc(NC(=O)CCSc3ccccc3)o2)cc1C. The number of aryl methyl sites for hydroxylation is 2. The second-order valence-corrected chi connectivity index (χ2v) is 6.84. The van der Waals surface area contributed by atoms with Gasteiger partial charge in [-0.2, -0.15) is 0 Å². The quantitative estimate of drug-likeness (QED) is 0.662. The number of hydrogen-bond acceptors (Lipinski definition) is 5. The van der Waals surface area contributed by atoms with E-state index in [2.05, 4.69) is 15.5 Å². The first-order valence-corrected chi connectivity index (χ1v) is 8.99. The van der Waals surface area contributed by atoms with E-state index in [-0.39, 0.29) is 11.9 Å². The van der Waals surface area contributed by atoms with Crippen molar-refractivity contribution in [2.75, 3.05) is 11.1 Å². The second kappa shape index (κ2) is 7.98. The summed E-state index contributed by atoms with van der Waals surface area (Å²) in [6, 6.07) is 16.0. The Balaban J connectivity index is 1.54. The molecule has 0 fully saturated rings. The number of carbonyl (C=O) groups excluding carboxylic acids is 1. The molecule has 5 nitrogen and oxygen atoms in total. The third-order valence-corrected chi connectivity index (χ3v) is 4.78. The number of rotatable bonds is 6. The Morgan fingerprint density at radius 2 is 1.88 bits per heavy atom. The average molecular weight is 353 g/mol. The summed E-state index contributed by atoms with van der Waals surface area (Å²) in [6.07, 6.45) is 0.376. The van der Waals surface area contributed by atoms with E-state index in [4.69, 9.17) is 4.42 Å². The van der Waals surface area contributed by atoms with Crippen molar-refractivity contribution in [2.45, 2.75) is 25.2 Å². The largest absolute Gasteiger partial charge is 0.403 e. The monoisotopic (exact) mass is 353 g/mol. The maximum Gasteiger partial charge on any atom is 0.322 e. The molecule has 6 heteroatoms. The number of hydrogen-bond donors (Lipinski definition) is 1. The lowest BCUT2D eigenvalue weighted by Gasteiger charge is -2.02. The zero-order valence-corrected chi connectivity index (χ0v) is 15.0. The van der Waals surface area contributed by atoms with Gasteiger partial charge < -0.3 is 4.42 Å². The molecule has 1 amide bonds. The smallest absolute Gasteiger partial charge is 0.322 e. The van der Waals surface area contributed by atoms with E-state index in [1.807, 2.05) is 62.4 Å². The number of anilines is 1. The van der Waals surface area contributed by atoms with Crippen molar-refractivity contribution in [3.8, 4) is 11.5 Å². The van der Waals surface area contributed by atoms with Crippen molar-refractivity contribution >= 4 is 23.7 Å². The summed E-state index contributed by atoms with van der Waals surface area (Å²) in [7, 11) is 0. The fourth-order valence-corrected chi connectivity index (χ4v) is 3.10. The highest BCUT2D eigenvalue weighted by Crippen LogP contribution is 2.23. The number of aromatic nitrogens is 2. The predicted octanol–water partition coefficient (Wildman–Crippen LogP) is 4.47. The molecular formula is C19H19N3O2S. The van der Waals surface area contributed by atoms with Crippen molar-refractivity contribution in [3.63, 3.8) is 0 Å². The molecule has 0 bridgehead atoms. The molecule has 0 atom stereocenters. The van der Waals surface area contributed by atoms with Crippen molar-refractivity contribution in [1.82, 2.24) is 10.2 Å². The Morgan fingerprint density at radius 3 is 2.64 bits per heavy atom. The van der Waals surface area contributed by atoms with Crippen LogP contribution in [0.2, 0.25) is 0 Å². The number of benzene rings is 2. The average Bonchev–Trinajstić information content (AvgIpc) is 3.06. The van der Waals surface area contributed by atoms with Crippen molar-refractivity contribution < 1.29 is 9.21 Å². The van der Waals surface area contributed by atoms with Gasteiger partial charge in [-0.1, -0.05) is 29.4 Å². The van der Waals surface area contributed by atoms with Gasteiger partial charge in [0.05, 0.1) is 0 Å². The molecule has 0 aliphatic heterocycles. The van der Waals surface area contributed by atoms with Gasteiger partial charge in [-0.3, -0.25) is 10.1 Å². The van der Waals surface area contributed by atoms with Gasteiger partial charge in [0.25, 0.3) is 0 Å². The van der Waals surface area contributed by atoms with Crippen LogP contribution in [0.1, 0.15) is 17.5 Å². The molecule has 0 saturated heterocycles. The Hall–Kier alpha value is -2.60. The van der Waals surface area contributed by atoms with Crippen LogP contribution in [-0.2, 0) is 4.79 Å². The van der Waals surface area contributed by atoms with Crippen LogP contribution >= 0.6 is 11.8 Å². The van der Waals surface area contributed by atoms with Crippen LogP contribution in [0.25, 0.3) is 11.5 Å². The van der Waals surface area contributed by atoms with Gasteiger partial charge in [0.2, 0.25) is 11.8 Å². The molecule has 0 aliphatic carbocycles. The molecule has 1 aromatic heterocycles. The number of amides is 1. The van der Waals surface area contributed by atoms with Crippen molar-refractivity contribution in [1.29, 1.82) is 0 Å². The Labute approximate surface area is 150 Å². The van der Waals surface area contributed by atoms with Crippen LogP contribution in [-0.4, -0.2) is 21.9 Å². The summed E-state index contributed by atoms with van der Waals surface area (Å²) in [4.78, 5) is 13.1. The molecule has 128 valence electrons. The van der Waals surface area contributed by atoms with Gasteiger partial charge in [0.1, 0.15) is 0 Å².